The largest absolute Gasteiger partial charge is 0.356 e. The van der Waals surface area contributed by atoms with E-state index in [-0.39, 0.29) is 17.7 Å². The van der Waals surface area contributed by atoms with Crippen molar-refractivity contribution < 1.29 is 9.59 Å². The van der Waals surface area contributed by atoms with E-state index in [2.05, 4.69) is 17.1 Å². The van der Waals surface area contributed by atoms with E-state index in [9.17, 15) is 9.59 Å². The summed E-state index contributed by atoms with van der Waals surface area (Å²) in [5.41, 5.74) is 0.402. The highest BCUT2D eigenvalue weighted by Gasteiger charge is 2.43. The van der Waals surface area contributed by atoms with E-state index in [1.807, 2.05) is 0 Å². The molecule has 0 bridgehead atoms. The molecular formula is C16H26N2O2. The molecule has 1 N–H and O–H groups in total. The molecule has 2 saturated heterocycles. The maximum Gasteiger partial charge on any atom is 0.226 e. The molecule has 0 aromatic carbocycles. The molecule has 0 radical (unpaired) electrons. The molecule has 20 heavy (non-hydrogen) atoms. The van der Waals surface area contributed by atoms with Crippen LogP contribution in [0.5, 0.6) is 0 Å². The maximum atomic E-state index is 12.6. The molecule has 2 heterocycles. The summed E-state index contributed by atoms with van der Waals surface area (Å²) in [6.45, 7) is 4.85. The number of likely N-dealkylation sites (tertiary alicyclic amines) is 1. The molecule has 3 rings (SSSR count). The van der Waals surface area contributed by atoms with Gasteiger partial charge >= 0.3 is 0 Å². The first-order valence-corrected chi connectivity index (χ1v) is 8.13. The number of hydrogen-bond donors (Lipinski definition) is 1. The van der Waals surface area contributed by atoms with Crippen LogP contribution in [0, 0.1) is 17.3 Å². The predicted octanol–water partition coefficient (Wildman–Crippen LogP) is 1.94. The molecule has 1 aliphatic carbocycles. The van der Waals surface area contributed by atoms with Crippen LogP contribution in [0.2, 0.25) is 0 Å². The lowest BCUT2D eigenvalue weighted by atomic mass is 9.70. The summed E-state index contributed by atoms with van der Waals surface area (Å²) in [7, 11) is 0. The third-order valence-corrected chi connectivity index (χ3v) is 5.68. The van der Waals surface area contributed by atoms with Crippen LogP contribution in [0.25, 0.3) is 0 Å². The molecule has 3 aliphatic rings. The Kier molecular flexibility index (Phi) is 3.74. The zero-order chi connectivity index (χ0) is 14.2. The van der Waals surface area contributed by atoms with Gasteiger partial charge in [-0.15, -0.1) is 0 Å². The molecular weight excluding hydrogens is 252 g/mol. The number of nitrogens with one attached hydrogen (secondary N) is 1. The second-order valence-electron chi connectivity index (χ2n) is 7.23. The molecule has 2 aliphatic heterocycles. The molecule has 0 aromatic rings. The molecule has 0 aromatic heterocycles. The van der Waals surface area contributed by atoms with E-state index >= 15 is 0 Å². The van der Waals surface area contributed by atoms with Crippen molar-refractivity contribution in [2.45, 2.75) is 51.9 Å². The van der Waals surface area contributed by atoms with E-state index in [1.165, 1.54) is 32.1 Å². The lowest BCUT2D eigenvalue weighted by Gasteiger charge is -2.36. The first-order chi connectivity index (χ1) is 9.58. The molecule has 2 amide bonds. The first-order valence-electron chi connectivity index (χ1n) is 8.13. The molecule has 1 spiro atoms. The Morgan fingerprint density at radius 2 is 2.00 bits per heavy atom. The zero-order valence-corrected chi connectivity index (χ0v) is 12.5. The van der Waals surface area contributed by atoms with E-state index in [0.29, 0.717) is 18.4 Å². The fraction of sp³-hybridized carbons (Fsp3) is 0.875. The fourth-order valence-electron chi connectivity index (χ4n) is 4.16. The summed E-state index contributed by atoms with van der Waals surface area (Å²) in [6.07, 6.45) is 7.56. The van der Waals surface area contributed by atoms with Crippen molar-refractivity contribution in [3.8, 4) is 0 Å². The number of hydrogen-bond acceptors (Lipinski definition) is 2. The van der Waals surface area contributed by atoms with Crippen LogP contribution in [0.1, 0.15) is 51.9 Å². The smallest absolute Gasteiger partial charge is 0.226 e. The Morgan fingerprint density at radius 1 is 1.25 bits per heavy atom. The Bertz CT molecular complexity index is 399. The Hall–Kier alpha value is -1.06. The summed E-state index contributed by atoms with van der Waals surface area (Å²) >= 11 is 0. The summed E-state index contributed by atoms with van der Waals surface area (Å²) in [5.74, 6) is 1.05. The predicted molar refractivity (Wildman–Crippen MR) is 77.0 cm³/mol. The van der Waals surface area contributed by atoms with Crippen LogP contribution >= 0.6 is 0 Å². The van der Waals surface area contributed by atoms with Gasteiger partial charge in [0.1, 0.15) is 0 Å². The second kappa shape index (κ2) is 5.38. The fourth-order valence-corrected chi connectivity index (χ4v) is 4.16. The Morgan fingerprint density at radius 3 is 2.70 bits per heavy atom. The van der Waals surface area contributed by atoms with Crippen molar-refractivity contribution in [3.05, 3.63) is 0 Å². The summed E-state index contributed by atoms with van der Waals surface area (Å²) in [4.78, 5) is 26.1. The van der Waals surface area contributed by atoms with Crippen molar-refractivity contribution in [1.29, 1.82) is 0 Å². The number of nitrogens with zero attached hydrogens (tertiary/aromatic N) is 1. The van der Waals surface area contributed by atoms with Crippen LogP contribution in [0.3, 0.4) is 0 Å². The summed E-state index contributed by atoms with van der Waals surface area (Å²) in [6, 6.07) is 0. The van der Waals surface area contributed by atoms with E-state index < -0.39 is 0 Å². The highest BCUT2D eigenvalue weighted by atomic mass is 16.2. The Labute approximate surface area is 121 Å². The highest BCUT2D eigenvalue weighted by molar-refractivity contribution is 5.87. The van der Waals surface area contributed by atoms with E-state index in [4.69, 9.17) is 0 Å². The number of carbonyl (C=O) groups excluding carboxylic acids is 2. The van der Waals surface area contributed by atoms with Gasteiger partial charge in [0.2, 0.25) is 11.8 Å². The third-order valence-electron chi connectivity index (χ3n) is 5.68. The van der Waals surface area contributed by atoms with Gasteiger partial charge in [0.25, 0.3) is 0 Å². The summed E-state index contributed by atoms with van der Waals surface area (Å²) in [5, 5.41) is 2.81. The number of rotatable bonds is 1. The van der Waals surface area contributed by atoms with E-state index in [1.54, 1.807) is 0 Å². The molecule has 4 heteroatoms. The van der Waals surface area contributed by atoms with Gasteiger partial charge in [-0.1, -0.05) is 19.8 Å². The number of piperidine rings is 1. The quantitative estimate of drug-likeness (QED) is 0.797. The van der Waals surface area contributed by atoms with Gasteiger partial charge in [-0.3, -0.25) is 9.59 Å². The van der Waals surface area contributed by atoms with Gasteiger partial charge in [0.05, 0.1) is 0 Å². The van der Waals surface area contributed by atoms with Crippen LogP contribution in [0.4, 0.5) is 0 Å². The van der Waals surface area contributed by atoms with Gasteiger partial charge in [-0.2, -0.15) is 0 Å². The van der Waals surface area contributed by atoms with Crippen molar-refractivity contribution >= 4 is 11.8 Å². The molecule has 4 nitrogen and oxygen atoms in total. The van der Waals surface area contributed by atoms with Gasteiger partial charge in [-0.25, -0.2) is 0 Å². The zero-order valence-electron chi connectivity index (χ0n) is 12.5. The van der Waals surface area contributed by atoms with Crippen molar-refractivity contribution in [3.63, 3.8) is 0 Å². The molecule has 1 atom stereocenters. The standard InChI is InChI=1S/C16H26N2O2/c1-12-2-5-16(6-3-12)7-9-18(11-16)15(20)13-4-8-17-14(19)10-13/h12-13H,2-11H2,1H3,(H,17,19). The Balaban J connectivity index is 1.59. The average Bonchev–Trinajstić information content (AvgIpc) is 2.86. The van der Waals surface area contributed by atoms with Crippen molar-refractivity contribution in [2.24, 2.45) is 17.3 Å². The van der Waals surface area contributed by atoms with Crippen molar-refractivity contribution in [2.75, 3.05) is 19.6 Å². The molecule has 112 valence electrons. The first kappa shape index (κ1) is 13.9. The normalized spacial score (nSPS) is 38.0. The lowest BCUT2D eigenvalue weighted by Crippen LogP contribution is -2.43. The van der Waals surface area contributed by atoms with Crippen LogP contribution in [0.15, 0.2) is 0 Å². The lowest BCUT2D eigenvalue weighted by molar-refractivity contribution is -0.139. The van der Waals surface area contributed by atoms with Gasteiger partial charge < -0.3 is 10.2 Å². The number of amides is 2. The SMILES string of the molecule is CC1CCC2(CC1)CCN(C(=O)C1CCNC(=O)C1)C2. The van der Waals surface area contributed by atoms with Crippen LogP contribution in [-0.2, 0) is 9.59 Å². The third kappa shape index (κ3) is 2.70. The summed E-state index contributed by atoms with van der Waals surface area (Å²) < 4.78 is 0. The molecule has 1 saturated carbocycles. The van der Waals surface area contributed by atoms with E-state index in [0.717, 1.165) is 25.4 Å². The highest BCUT2D eigenvalue weighted by Crippen LogP contribution is 2.45. The van der Waals surface area contributed by atoms with Crippen LogP contribution in [-0.4, -0.2) is 36.3 Å². The van der Waals surface area contributed by atoms with Gasteiger partial charge in [0, 0.05) is 32.0 Å². The van der Waals surface area contributed by atoms with Gasteiger partial charge in [-0.05, 0) is 37.0 Å². The second-order valence-corrected chi connectivity index (χ2v) is 7.23. The van der Waals surface area contributed by atoms with Gasteiger partial charge in [0.15, 0.2) is 0 Å². The van der Waals surface area contributed by atoms with Crippen LogP contribution < -0.4 is 5.32 Å². The minimum Gasteiger partial charge on any atom is -0.356 e. The minimum atomic E-state index is -0.0681. The monoisotopic (exact) mass is 278 g/mol. The molecule has 1 unspecified atom stereocenters. The topological polar surface area (TPSA) is 49.4 Å². The molecule has 3 fully saturated rings. The minimum absolute atomic E-state index is 0.0370. The van der Waals surface area contributed by atoms with Crippen molar-refractivity contribution in [1.82, 2.24) is 10.2 Å². The maximum absolute atomic E-state index is 12.6. The number of carbonyl (C=O) groups is 2. The average molecular weight is 278 g/mol.